The second-order valence-corrected chi connectivity index (χ2v) is 2.89. The Morgan fingerprint density at radius 1 is 1.71 bits per heavy atom. The van der Waals surface area contributed by atoms with Crippen molar-refractivity contribution in [3.63, 3.8) is 0 Å². The Morgan fingerprint density at radius 3 is 2.93 bits per heavy atom. The van der Waals surface area contributed by atoms with Crippen LogP contribution < -0.4 is 10.9 Å². The van der Waals surface area contributed by atoms with Gasteiger partial charge in [-0.1, -0.05) is 23.8 Å². The summed E-state index contributed by atoms with van der Waals surface area (Å²) in [7, 11) is 0. The summed E-state index contributed by atoms with van der Waals surface area (Å²) in [5.74, 6) is -0.758. The predicted molar refractivity (Wildman–Crippen MR) is 56.6 cm³/mol. The number of aromatic carboxylic acids is 1. The average molecular weight is 232 g/mol. The molecule has 0 amide bonds. The first-order valence-electron chi connectivity index (χ1n) is 3.49. The van der Waals surface area contributed by atoms with Crippen molar-refractivity contribution < 1.29 is 9.90 Å². The third-order valence-corrected chi connectivity index (χ3v) is 1.74. The lowest BCUT2D eigenvalue weighted by atomic mass is 10.3. The van der Waals surface area contributed by atoms with E-state index in [2.05, 4.69) is 28.1 Å². The molecular formula is C7H6ClN3O2S. The van der Waals surface area contributed by atoms with Crippen LogP contribution in [0, 0.1) is 0 Å². The van der Waals surface area contributed by atoms with Crippen molar-refractivity contribution in [2.45, 2.75) is 0 Å². The molecule has 0 aliphatic heterocycles. The van der Waals surface area contributed by atoms with Gasteiger partial charge in [-0.15, -0.1) is 0 Å². The van der Waals surface area contributed by atoms with Gasteiger partial charge in [0, 0.05) is 6.20 Å². The van der Waals surface area contributed by atoms with Crippen LogP contribution in [-0.4, -0.2) is 21.6 Å². The molecule has 0 atom stereocenters. The molecule has 0 spiro atoms. The van der Waals surface area contributed by atoms with Crippen LogP contribution in [0.15, 0.2) is 12.3 Å². The second-order valence-electron chi connectivity index (χ2n) is 2.25. The molecule has 5 nitrogen and oxygen atoms in total. The number of aromatic nitrogens is 1. The number of carboxylic acids is 1. The number of pyridine rings is 1. The van der Waals surface area contributed by atoms with E-state index in [1.165, 1.54) is 17.8 Å². The molecule has 0 saturated heterocycles. The van der Waals surface area contributed by atoms with Crippen LogP contribution in [0.25, 0.3) is 0 Å². The first-order chi connectivity index (χ1) is 6.65. The fourth-order valence-corrected chi connectivity index (χ4v) is 1.02. The Morgan fingerprint density at radius 2 is 2.43 bits per heavy atom. The van der Waals surface area contributed by atoms with E-state index < -0.39 is 5.97 Å². The lowest BCUT2D eigenvalue weighted by Gasteiger charge is -2.05. The molecule has 0 aromatic carbocycles. The number of hydrogen-bond acceptors (Lipinski definition) is 4. The summed E-state index contributed by atoms with van der Waals surface area (Å²) < 4.78 is 0. The van der Waals surface area contributed by atoms with E-state index in [-0.39, 0.29) is 10.6 Å². The number of halogens is 1. The molecule has 1 rings (SSSR count). The Labute approximate surface area is 90.1 Å². The van der Waals surface area contributed by atoms with Gasteiger partial charge in [-0.2, -0.15) is 0 Å². The molecule has 1 aromatic rings. The van der Waals surface area contributed by atoms with Crippen LogP contribution in [0.3, 0.4) is 0 Å². The zero-order chi connectivity index (χ0) is 10.6. The van der Waals surface area contributed by atoms with Crippen LogP contribution >= 0.6 is 23.8 Å². The number of carbonyl (C=O) groups is 1. The predicted octanol–water partition coefficient (Wildman–Crippen LogP) is 1.31. The van der Waals surface area contributed by atoms with Crippen molar-refractivity contribution in [1.82, 2.24) is 10.4 Å². The molecule has 0 unspecified atom stereocenters. The highest BCUT2D eigenvalue weighted by atomic mass is 35.5. The number of hydrogen-bond donors (Lipinski definition) is 3. The minimum absolute atomic E-state index is 0.0305. The van der Waals surface area contributed by atoms with Crippen molar-refractivity contribution in [2.75, 3.05) is 5.43 Å². The SMILES string of the molecule is O=C(O)c1cnc(NNC=S)c(Cl)c1. The van der Waals surface area contributed by atoms with Gasteiger partial charge in [-0.25, -0.2) is 9.78 Å². The molecule has 1 aromatic heterocycles. The molecular weight excluding hydrogens is 226 g/mol. The van der Waals surface area contributed by atoms with E-state index in [1.807, 2.05) is 0 Å². The maximum atomic E-state index is 10.5. The number of thiocarbonyl (C=S) groups is 1. The highest BCUT2D eigenvalue weighted by Gasteiger charge is 2.07. The van der Waals surface area contributed by atoms with Gasteiger partial charge in [0.05, 0.1) is 16.1 Å². The summed E-state index contributed by atoms with van der Waals surface area (Å²) in [5.41, 5.74) is 6.35. The number of rotatable bonds is 4. The van der Waals surface area contributed by atoms with Crippen molar-refractivity contribution in [3.05, 3.63) is 22.8 Å². The van der Waals surface area contributed by atoms with E-state index in [0.717, 1.165) is 0 Å². The van der Waals surface area contributed by atoms with E-state index in [4.69, 9.17) is 16.7 Å². The molecule has 0 aliphatic rings. The number of anilines is 1. The first kappa shape index (κ1) is 10.7. The van der Waals surface area contributed by atoms with Crippen LogP contribution in [-0.2, 0) is 0 Å². The summed E-state index contributed by atoms with van der Waals surface area (Å²) in [6.07, 6.45) is 1.20. The zero-order valence-electron chi connectivity index (χ0n) is 6.82. The molecule has 7 heteroatoms. The summed E-state index contributed by atoms with van der Waals surface area (Å²) in [5, 5.41) is 8.82. The van der Waals surface area contributed by atoms with Gasteiger partial charge < -0.3 is 5.11 Å². The number of carboxylic acid groups (broad SMARTS) is 1. The molecule has 0 bridgehead atoms. The van der Waals surface area contributed by atoms with Crippen LogP contribution in [0.4, 0.5) is 5.82 Å². The molecule has 0 fully saturated rings. The van der Waals surface area contributed by atoms with Gasteiger partial charge in [0.1, 0.15) is 0 Å². The summed E-state index contributed by atoms with van der Waals surface area (Å²) in [6, 6.07) is 1.30. The van der Waals surface area contributed by atoms with Gasteiger partial charge in [0.2, 0.25) is 0 Å². The fraction of sp³-hybridized carbons (Fsp3) is 0. The molecule has 0 radical (unpaired) electrons. The summed E-state index contributed by atoms with van der Waals surface area (Å²) in [6.45, 7) is 0. The van der Waals surface area contributed by atoms with Crippen LogP contribution in [0.1, 0.15) is 10.4 Å². The van der Waals surface area contributed by atoms with Crippen molar-refractivity contribution >= 4 is 41.1 Å². The lowest BCUT2D eigenvalue weighted by molar-refractivity contribution is 0.0696. The Bertz CT molecular complexity index is 372. The third kappa shape index (κ3) is 2.54. The molecule has 3 N–H and O–H groups in total. The Kier molecular flexibility index (Phi) is 3.61. The van der Waals surface area contributed by atoms with Gasteiger partial charge in [-0.3, -0.25) is 10.9 Å². The summed E-state index contributed by atoms with van der Waals surface area (Å²) in [4.78, 5) is 14.3. The maximum Gasteiger partial charge on any atom is 0.337 e. The van der Waals surface area contributed by atoms with E-state index in [9.17, 15) is 4.79 Å². The van der Waals surface area contributed by atoms with Gasteiger partial charge >= 0.3 is 5.97 Å². The maximum absolute atomic E-state index is 10.5. The number of nitrogens with zero attached hydrogens (tertiary/aromatic N) is 1. The van der Waals surface area contributed by atoms with Crippen molar-refractivity contribution in [3.8, 4) is 0 Å². The fourth-order valence-electron chi connectivity index (χ4n) is 0.745. The molecule has 0 aliphatic carbocycles. The normalized spacial score (nSPS) is 9.21. The van der Waals surface area contributed by atoms with E-state index >= 15 is 0 Å². The van der Waals surface area contributed by atoms with E-state index in [1.54, 1.807) is 0 Å². The second kappa shape index (κ2) is 4.73. The van der Waals surface area contributed by atoms with Gasteiger partial charge in [0.25, 0.3) is 0 Å². The topological polar surface area (TPSA) is 74.2 Å². The lowest BCUT2D eigenvalue weighted by Crippen LogP contribution is -2.19. The minimum Gasteiger partial charge on any atom is -0.478 e. The molecule has 14 heavy (non-hydrogen) atoms. The number of hydrazine groups is 1. The largest absolute Gasteiger partial charge is 0.478 e. The third-order valence-electron chi connectivity index (χ3n) is 1.34. The Balaban J connectivity index is 2.89. The monoisotopic (exact) mass is 231 g/mol. The minimum atomic E-state index is -1.08. The van der Waals surface area contributed by atoms with Crippen molar-refractivity contribution in [1.29, 1.82) is 0 Å². The zero-order valence-corrected chi connectivity index (χ0v) is 8.39. The standard InChI is InChI=1S/C7H6ClN3O2S/c8-5-1-4(7(12)13)2-9-6(5)11-10-3-14/h1-3H,(H,9,11)(H,10,14)(H,12,13). The molecule has 1 heterocycles. The quantitative estimate of drug-likeness (QED) is 0.536. The molecule has 0 saturated carbocycles. The van der Waals surface area contributed by atoms with Crippen LogP contribution in [0.2, 0.25) is 5.02 Å². The summed E-state index contributed by atoms with van der Waals surface area (Å²) >= 11 is 10.2. The van der Waals surface area contributed by atoms with Gasteiger partial charge in [0.15, 0.2) is 5.82 Å². The van der Waals surface area contributed by atoms with Crippen LogP contribution in [0.5, 0.6) is 0 Å². The van der Waals surface area contributed by atoms with E-state index in [0.29, 0.717) is 5.82 Å². The first-order valence-corrected chi connectivity index (χ1v) is 4.34. The van der Waals surface area contributed by atoms with Gasteiger partial charge in [-0.05, 0) is 6.07 Å². The van der Waals surface area contributed by atoms with Crippen molar-refractivity contribution in [2.24, 2.45) is 0 Å². The Hall–Kier alpha value is -1.40. The smallest absolute Gasteiger partial charge is 0.337 e. The number of nitrogens with one attached hydrogen (secondary N) is 2. The highest BCUT2D eigenvalue weighted by molar-refractivity contribution is 7.78. The molecule has 74 valence electrons. The highest BCUT2D eigenvalue weighted by Crippen LogP contribution is 2.18. The average Bonchev–Trinajstić information content (AvgIpc) is 2.15.